The molecule has 16 heavy (non-hydrogen) atoms. The van der Waals surface area contributed by atoms with E-state index in [0.29, 0.717) is 11.1 Å². The van der Waals surface area contributed by atoms with Gasteiger partial charge in [-0.15, -0.1) is 0 Å². The number of Topliss-reactive ketones (excluding diaryl/α,β-unsaturated/α-hetero) is 1. The van der Waals surface area contributed by atoms with Gasteiger partial charge in [-0.2, -0.15) is 0 Å². The predicted molar refractivity (Wildman–Crippen MR) is 71.2 cm³/mol. The summed E-state index contributed by atoms with van der Waals surface area (Å²) < 4.78 is 0. The lowest BCUT2D eigenvalue weighted by Gasteiger charge is -2.00. The Hall–Kier alpha value is -1.89. The smallest absolute Gasteiger partial charge is 0.192 e. The summed E-state index contributed by atoms with van der Waals surface area (Å²) in [6.45, 7) is 10.9. The summed E-state index contributed by atoms with van der Waals surface area (Å²) in [6.07, 6.45) is 13.9. The van der Waals surface area contributed by atoms with Crippen molar-refractivity contribution < 1.29 is 4.79 Å². The Balaban J connectivity index is 5.07. The molecule has 0 saturated carbocycles. The fourth-order valence-corrected chi connectivity index (χ4v) is 1.08. The molecule has 0 N–H and O–H groups in total. The lowest BCUT2D eigenvalue weighted by atomic mass is 10.0. The van der Waals surface area contributed by atoms with Gasteiger partial charge in [0.25, 0.3) is 0 Å². The van der Waals surface area contributed by atoms with Gasteiger partial charge in [-0.25, -0.2) is 0 Å². The molecule has 1 nitrogen and oxygen atoms in total. The van der Waals surface area contributed by atoms with Gasteiger partial charge in [-0.05, 0) is 13.8 Å². The summed E-state index contributed by atoms with van der Waals surface area (Å²) in [5.74, 6) is -0.0336. The normalized spacial score (nSPS) is 13.4. The van der Waals surface area contributed by atoms with Gasteiger partial charge in [0.15, 0.2) is 5.78 Å². The largest absolute Gasteiger partial charge is 0.289 e. The Morgan fingerprint density at radius 1 is 1.06 bits per heavy atom. The molecular weight excluding hydrogens is 196 g/mol. The van der Waals surface area contributed by atoms with Crippen molar-refractivity contribution >= 4 is 5.78 Å². The average Bonchev–Trinajstić information content (AvgIpc) is 2.31. The van der Waals surface area contributed by atoms with Crippen LogP contribution in [0.4, 0.5) is 0 Å². The van der Waals surface area contributed by atoms with E-state index < -0.39 is 0 Å². The van der Waals surface area contributed by atoms with E-state index in [-0.39, 0.29) is 5.78 Å². The van der Waals surface area contributed by atoms with E-state index in [0.717, 1.165) is 0 Å². The number of carbonyl (C=O) groups is 1. The molecule has 1 heteroatoms. The Morgan fingerprint density at radius 3 is 2.19 bits per heavy atom. The van der Waals surface area contributed by atoms with Gasteiger partial charge in [-0.3, -0.25) is 4.79 Å². The quantitative estimate of drug-likeness (QED) is 0.483. The highest BCUT2D eigenvalue weighted by atomic mass is 16.1. The molecule has 0 aromatic heterocycles. The SMILES string of the molecule is C=C/C=C\C(=C/C)C(=O)/C(C=C)=C/C=C\C. The van der Waals surface area contributed by atoms with Gasteiger partial charge >= 0.3 is 0 Å². The van der Waals surface area contributed by atoms with Gasteiger partial charge in [0.2, 0.25) is 0 Å². The lowest BCUT2D eigenvalue weighted by molar-refractivity contribution is -0.111. The van der Waals surface area contributed by atoms with Crippen molar-refractivity contribution in [2.24, 2.45) is 0 Å². The van der Waals surface area contributed by atoms with Crippen molar-refractivity contribution in [2.75, 3.05) is 0 Å². The first-order chi connectivity index (χ1) is 7.71. The average molecular weight is 214 g/mol. The number of allylic oxidation sites excluding steroid dienone is 10. The van der Waals surface area contributed by atoms with Crippen LogP contribution in [0.2, 0.25) is 0 Å². The van der Waals surface area contributed by atoms with Gasteiger partial charge in [-0.1, -0.05) is 61.8 Å². The zero-order valence-electron chi connectivity index (χ0n) is 9.94. The first-order valence-corrected chi connectivity index (χ1v) is 5.16. The molecular formula is C15H18O. The zero-order valence-corrected chi connectivity index (χ0v) is 9.94. The molecule has 0 heterocycles. The van der Waals surface area contributed by atoms with E-state index in [1.54, 1.807) is 36.5 Å². The molecule has 0 aliphatic carbocycles. The van der Waals surface area contributed by atoms with Crippen LogP contribution in [0.15, 0.2) is 72.9 Å². The highest BCUT2D eigenvalue weighted by Crippen LogP contribution is 2.09. The lowest BCUT2D eigenvalue weighted by Crippen LogP contribution is -2.02. The maximum Gasteiger partial charge on any atom is 0.192 e. The maximum atomic E-state index is 12.0. The minimum Gasteiger partial charge on any atom is -0.289 e. The molecule has 0 aromatic rings. The third kappa shape index (κ3) is 4.56. The maximum absolute atomic E-state index is 12.0. The second kappa shape index (κ2) is 8.42. The Labute approximate surface area is 97.9 Å². The number of carbonyl (C=O) groups excluding carboxylic acids is 1. The predicted octanol–water partition coefficient (Wildman–Crippen LogP) is 3.93. The molecule has 0 aromatic carbocycles. The molecule has 0 radical (unpaired) electrons. The summed E-state index contributed by atoms with van der Waals surface area (Å²) in [5, 5.41) is 0. The summed E-state index contributed by atoms with van der Waals surface area (Å²) in [4.78, 5) is 12.0. The van der Waals surface area contributed by atoms with Gasteiger partial charge in [0.1, 0.15) is 0 Å². The van der Waals surface area contributed by atoms with Crippen LogP contribution in [-0.2, 0) is 4.79 Å². The van der Waals surface area contributed by atoms with Crippen LogP contribution in [0.3, 0.4) is 0 Å². The third-order valence-corrected chi connectivity index (χ3v) is 1.94. The number of ketones is 1. The van der Waals surface area contributed by atoms with Crippen LogP contribution in [0.25, 0.3) is 0 Å². The Morgan fingerprint density at radius 2 is 1.75 bits per heavy atom. The van der Waals surface area contributed by atoms with E-state index in [2.05, 4.69) is 13.2 Å². The standard InChI is InChI=1S/C15H18O/c1-5-9-11-13(7-3)15(16)14(8-4)12-10-6-2/h5-12H,1,4H2,2-3H3/b10-6-,11-9-,13-7+,14-12+. The zero-order chi connectivity index (χ0) is 12.4. The molecule has 0 unspecified atom stereocenters. The molecule has 0 fully saturated rings. The van der Waals surface area contributed by atoms with E-state index in [4.69, 9.17) is 0 Å². The van der Waals surface area contributed by atoms with E-state index >= 15 is 0 Å². The van der Waals surface area contributed by atoms with Crippen LogP contribution in [-0.4, -0.2) is 5.78 Å². The van der Waals surface area contributed by atoms with Crippen molar-refractivity contribution in [1.29, 1.82) is 0 Å². The molecule has 0 aliphatic rings. The van der Waals surface area contributed by atoms with E-state index in [9.17, 15) is 4.79 Å². The van der Waals surface area contributed by atoms with Crippen molar-refractivity contribution in [1.82, 2.24) is 0 Å². The van der Waals surface area contributed by atoms with E-state index in [1.807, 2.05) is 26.0 Å². The molecule has 0 amide bonds. The van der Waals surface area contributed by atoms with Gasteiger partial charge in [0.05, 0.1) is 0 Å². The summed E-state index contributed by atoms with van der Waals surface area (Å²) in [5.41, 5.74) is 1.22. The Kier molecular flexibility index (Phi) is 7.43. The third-order valence-electron chi connectivity index (χ3n) is 1.94. The van der Waals surface area contributed by atoms with Gasteiger partial charge < -0.3 is 0 Å². The highest BCUT2D eigenvalue weighted by molar-refractivity contribution is 6.11. The van der Waals surface area contributed by atoms with Crippen molar-refractivity contribution in [2.45, 2.75) is 13.8 Å². The fraction of sp³-hybridized carbons (Fsp3) is 0.133. The second-order valence-electron chi connectivity index (χ2n) is 3.02. The molecule has 0 aliphatic heterocycles. The summed E-state index contributed by atoms with van der Waals surface area (Å²) >= 11 is 0. The minimum absolute atomic E-state index is 0.0336. The Bertz CT molecular complexity index is 376. The van der Waals surface area contributed by atoms with Crippen LogP contribution >= 0.6 is 0 Å². The molecule has 0 bridgehead atoms. The van der Waals surface area contributed by atoms with E-state index in [1.165, 1.54) is 0 Å². The van der Waals surface area contributed by atoms with Crippen LogP contribution in [0.1, 0.15) is 13.8 Å². The first-order valence-electron chi connectivity index (χ1n) is 5.16. The minimum atomic E-state index is -0.0336. The second-order valence-corrected chi connectivity index (χ2v) is 3.02. The fourth-order valence-electron chi connectivity index (χ4n) is 1.08. The summed E-state index contributed by atoms with van der Waals surface area (Å²) in [6, 6.07) is 0. The van der Waals surface area contributed by atoms with Crippen molar-refractivity contribution in [3.63, 3.8) is 0 Å². The van der Waals surface area contributed by atoms with Crippen LogP contribution in [0, 0.1) is 0 Å². The summed E-state index contributed by atoms with van der Waals surface area (Å²) in [7, 11) is 0. The molecule has 0 spiro atoms. The monoisotopic (exact) mass is 214 g/mol. The van der Waals surface area contributed by atoms with Crippen LogP contribution < -0.4 is 0 Å². The molecule has 0 saturated heterocycles. The number of hydrogen-bond acceptors (Lipinski definition) is 1. The van der Waals surface area contributed by atoms with Crippen molar-refractivity contribution in [3.05, 3.63) is 72.9 Å². The molecule has 0 rings (SSSR count). The number of rotatable bonds is 6. The number of hydrogen-bond donors (Lipinski definition) is 0. The van der Waals surface area contributed by atoms with Crippen molar-refractivity contribution in [3.8, 4) is 0 Å². The molecule has 84 valence electrons. The topological polar surface area (TPSA) is 17.1 Å². The van der Waals surface area contributed by atoms with Gasteiger partial charge in [0, 0.05) is 11.1 Å². The van der Waals surface area contributed by atoms with Crippen LogP contribution in [0.5, 0.6) is 0 Å². The highest BCUT2D eigenvalue weighted by Gasteiger charge is 2.08. The molecule has 0 atom stereocenters. The first kappa shape index (κ1) is 14.1.